The van der Waals surface area contributed by atoms with E-state index in [0.29, 0.717) is 10.6 Å². The summed E-state index contributed by atoms with van der Waals surface area (Å²) < 4.78 is 13.0. The third kappa shape index (κ3) is 5.85. The molecule has 0 saturated heterocycles. The van der Waals surface area contributed by atoms with Crippen molar-refractivity contribution in [3.63, 3.8) is 0 Å². The minimum Gasteiger partial charge on any atom is -0.394 e. The maximum Gasteiger partial charge on any atom is 0.244 e. The lowest BCUT2D eigenvalue weighted by Gasteiger charge is -2.11. The molecule has 7 heteroatoms. The fourth-order valence-electron chi connectivity index (χ4n) is 2.12. The highest BCUT2D eigenvalue weighted by molar-refractivity contribution is 7.99. The summed E-state index contributed by atoms with van der Waals surface area (Å²) in [6.07, 6.45) is 2.87. The first-order valence-corrected chi connectivity index (χ1v) is 9.06. The molecule has 0 unspecified atom stereocenters. The molecule has 0 atom stereocenters. The number of rotatable bonds is 7. The molecule has 0 fully saturated rings. The van der Waals surface area contributed by atoms with Gasteiger partial charge in [-0.3, -0.25) is 4.79 Å². The van der Waals surface area contributed by atoms with E-state index in [0.717, 1.165) is 15.4 Å². The summed E-state index contributed by atoms with van der Waals surface area (Å²) >= 11 is 7.77. The van der Waals surface area contributed by atoms with Gasteiger partial charge in [0.05, 0.1) is 19.3 Å². The van der Waals surface area contributed by atoms with Crippen LogP contribution in [0, 0.1) is 12.7 Å². The smallest absolute Gasteiger partial charge is 0.244 e. The van der Waals surface area contributed by atoms with Crippen molar-refractivity contribution < 1.29 is 19.4 Å². The maximum atomic E-state index is 13.0. The number of amides is 1. The minimum atomic E-state index is -0.696. The van der Waals surface area contributed by atoms with Gasteiger partial charge in [-0.05, 0) is 60.5 Å². The van der Waals surface area contributed by atoms with Gasteiger partial charge < -0.3 is 15.5 Å². The molecular formula is C19H19ClFNO3S. The van der Waals surface area contributed by atoms with Crippen LogP contribution in [0.3, 0.4) is 0 Å². The summed E-state index contributed by atoms with van der Waals surface area (Å²) in [5, 5.41) is 20.9. The van der Waals surface area contributed by atoms with Crippen LogP contribution in [-0.2, 0) is 4.79 Å². The van der Waals surface area contributed by atoms with Crippen molar-refractivity contribution in [2.75, 3.05) is 13.2 Å². The quantitative estimate of drug-likeness (QED) is 0.628. The van der Waals surface area contributed by atoms with Crippen molar-refractivity contribution in [2.45, 2.75) is 22.8 Å². The molecule has 0 bridgehead atoms. The van der Waals surface area contributed by atoms with E-state index in [-0.39, 0.29) is 19.0 Å². The van der Waals surface area contributed by atoms with Crippen LogP contribution in [-0.4, -0.2) is 35.4 Å². The van der Waals surface area contributed by atoms with Crippen LogP contribution >= 0.6 is 23.4 Å². The first-order valence-electron chi connectivity index (χ1n) is 7.86. The Kier molecular flexibility index (Phi) is 7.66. The van der Waals surface area contributed by atoms with E-state index >= 15 is 0 Å². The molecule has 4 nitrogen and oxygen atoms in total. The van der Waals surface area contributed by atoms with E-state index in [1.54, 1.807) is 24.3 Å². The fraction of sp³-hybridized carbons (Fsp3) is 0.211. The van der Waals surface area contributed by atoms with Crippen LogP contribution in [0.1, 0.15) is 11.1 Å². The number of aliphatic hydroxyl groups is 2. The summed E-state index contributed by atoms with van der Waals surface area (Å²) in [5.41, 5.74) is 1.64. The molecule has 2 rings (SSSR count). The van der Waals surface area contributed by atoms with E-state index in [9.17, 15) is 9.18 Å². The topological polar surface area (TPSA) is 69.6 Å². The average molecular weight is 396 g/mol. The van der Waals surface area contributed by atoms with Gasteiger partial charge in [-0.2, -0.15) is 0 Å². The molecule has 26 heavy (non-hydrogen) atoms. The van der Waals surface area contributed by atoms with Gasteiger partial charge >= 0.3 is 0 Å². The summed E-state index contributed by atoms with van der Waals surface area (Å²) in [5.74, 6) is -0.718. The Morgan fingerprint density at radius 1 is 1.27 bits per heavy atom. The predicted molar refractivity (Wildman–Crippen MR) is 102 cm³/mol. The molecule has 0 aliphatic rings. The van der Waals surface area contributed by atoms with E-state index in [4.69, 9.17) is 21.8 Å². The van der Waals surface area contributed by atoms with Gasteiger partial charge in [-0.15, -0.1) is 0 Å². The lowest BCUT2D eigenvalue weighted by molar-refractivity contribution is -0.117. The molecule has 0 aromatic heterocycles. The number of aliphatic hydroxyl groups excluding tert-OH is 2. The number of hydrogen-bond donors (Lipinski definition) is 3. The van der Waals surface area contributed by atoms with E-state index < -0.39 is 11.9 Å². The molecule has 0 saturated carbocycles. The Morgan fingerprint density at radius 3 is 2.54 bits per heavy atom. The molecule has 138 valence electrons. The number of benzene rings is 2. The maximum absolute atomic E-state index is 13.0. The molecular weight excluding hydrogens is 377 g/mol. The summed E-state index contributed by atoms with van der Waals surface area (Å²) in [6, 6.07) is 9.16. The average Bonchev–Trinajstić information content (AvgIpc) is 2.63. The molecule has 2 aromatic rings. The zero-order chi connectivity index (χ0) is 19.1. The Balaban J connectivity index is 2.12. The van der Waals surface area contributed by atoms with Crippen molar-refractivity contribution in [3.05, 3.63) is 64.4 Å². The van der Waals surface area contributed by atoms with Crippen LogP contribution in [0.5, 0.6) is 0 Å². The monoisotopic (exact) mass is 395 g/mol. The number of halogens is 2. The van der Waals surface area contributed by atoms with Crippen LogP contribution in [0.4, 0.5) is 4.39 Å². The molecule has 0 heterocycles. The van der Waals surface area contributed by atoms with Crippen molar-refractivity contribution in [1.82, 2.24) is 5.32 Å². The van der Waals surface area contributed by atoms with Gasteiger partial charge in [0.2, 0.25) is 5.91 Å². The second-order valence-electron chi connectivity index (χ2n) is 5.60. The molecule has 0 aliphatic carbocycles. The van der Waals surface area contributed by atoms with Crippen LogP contribution in [0.2, 0.25) is 5.02 Å². The number of nitrogens with one attached hydrogen (secondary N) is 1. The number of carbonyl (C=O) groups is 1. The highest BCUT2D eigenvalue weighted by atomic mass is 35.5. The van der Waals surface area contributed by atoms with E-state index in [1.807, 2.05) is 13.0 Å². The van der Waals surface area contributed by atoms with Crippen LogP contribution in [0.15, 0.2) is 52.3 Å². The summed E-state index contributed by atoms with van der Waals surface area (Å²) in [7, 11) is 0. The first kappa shape index (κ1) is 20.5. The van der Waals surface area contributed by atoms with Crippen molar-refractivity contribution in [2.24, 2.45) is 0 Å². The Morgan fingerprint density at radius 2 is 1.92 bits per heavy atom. The van der Waals surface area contributed by atoms with Crippen LogP contribution < -0.4 is 5.32 Å². The second kappa shape index (κ2) is 9.73. The zero-order valence-corrected chi connectivity index (χ0v) is 15.6. The third-order valence-corrected chi connectivity index (χ3v) is 5.03. The van der Waals surface area contributed by atoms with Crippen molar-refractivity contribution in [1.29, 1.82) is 0 Å². The highest BCUT2D eigenvalue weighted by Gasteiger charge is 2.09. The van der Waals surface area contributed by atoms with Gasteiger partial charge in [0.25, 0.3) is 0 Å². The second-order valence-corrected chi connectivity index (χ2v) is 7.12. The first-order chi connectivity index (χ1) is 12.4. The number of hydrogen-bond acceptors (Lipinski definition) is 4. The SMILES string of the molecule is Cc1cc(/C=C/C(=O)NC(CO)CO)c(Cl)cc1Sc1ccc(F)cc1. The molecule has 1 amide bonds. The third-order valence-electron chi connectivity index (χ3n) is 3.54. The lowest BCUT2D eigenvalue weighted by atomic mass is 10.1. The van der Waals surface area contributed by atoms with Gasteiger partial charge in [-0.1, -0.05) is 23.4 Å². The number of aryl methyl sites for hydroxylation is 1. The van der Waals surface area contributed by atoms with Gasteiger partial charge in [0, 0.05) is 20.9 Å². The van der Waals surface area contributed by atoms with Crippen molar-refractivity contribution >= 4 is 35.3 Å². The Bertz CT molecular complexity index is 792. The van der Waals surface area contributed by atoms with Crippen molar-refractivity contribution in [3.8, 4) is 0 Å². The molecule has 3 N–H and O–H groups in total. The summed E-state index contributed by atoms with van der Waals surface area (Å²) in [6.45, 7) is 1.24. The molecule has 0 radical (unpaired) electrons. The summed E-state index contributed by atoms with van der Waals surface area (Å²) in [4.78, 5) is 13.6. The Labute approximate surface area is 160 Å². The normalized spacial score (nSPS) is 11.3. The van der Waals surface area contributed by atoms with Gasteiger partial charge in [-0.25, -0.2) is 4.39 Å². The zero-order valence-electron chi connectivity index (χ0n) is 14.1. The van der Waals surface area contributed by atoms with Crippen LogP contribution in [0.25, 0.3) is 6.08 Å². The van der Waals surface area contributed by atoms with Gasteiger partial charge in [0.1, 0.15) is 5.82 Å². The lowest BCUT2D eigenvalue weighted by Crippen LogP contribution is -2.39. The standard InChI is InChI=1S/C19H19ClFNO3S/c1-12-8-13(2-7-19(25)22-15(10-23)11-24)17(20)9-18(12)26-16-5-3-14(21)4-6-16/h2-9,15,23-24H,10-11H2,1H3,(H,22,25)/b7-2+. The minimum absolute atomic E-state index is 0.285. The highest BCUT2D eigenvalue weighted by Crippen LogP contribution is 2.34. The largest absolute Gasteiger partial charge is 0.394 e. The van der Waals surface area contributed by atoms with Gasteiger partial charge in [0.15, 0.2) is 0 Å². The molecule has 0 spiro atoms. The predicted octanol–water partition coefficient (Wildman–Crippen LogP) is 3.42. The Hall–Kier alpha value is -1.86. The fourth-order valence-corrected chi connectivity index (χ4v) is 3.33. The van der Waals surface area contributed by atoms with E-state index in [2.05, 4.69) is 5.32 Å². The molecule has 0 aliphatic heterocycles. The van der Waals surface area contributed by atoms with E-state index in [1.165, 1.54) is 30.0 Å². The molecule has 2 aromatic carbocycles. The number of carbonyl (C=O) groups excluding carboxylic acids is 1.